The Balaban J connectivity index is 2.01. The molecule has 0 bridgehead atoms. The van der Waals surface area contributed by atoms with Crippen molar-refractivity contribution in [2.75, 3.05) is 0 Å². The fourth-order valence-corrected chi connectivity index (χ4v) is 3.78. The standard InChI is InChI=1S/C13H20Cl2O3/c14-7-1-4-11(15)10(5-7)13(18)9-3-2-8(16)6-12(9)17/h7-12,16-17H,1-6H2. The van der Waals surface area contributed by atoms with Crippen LogP contribution in [0.25, 0.3) is 0 Å². The Morgan fingerprint density at radius 2 is 1.67 bits per heavy atom. The number of halogens is 2. The van der Waals surface area contributed by atoms with E-state index in [1.807, 2.05) is 0 Å². The number of alkyl halides is 2. The third kappa shape index (κ3) is 3.19. The Bertz CT molecular complexity index is 311. The van der Waals surface area contributed by atoms with E-state index in [4.69, 9.17) is 23.2 Å². The van der Waals surface area contributed by atoms with Crippen molar-refractivity contribution in [2.45, 2.75) is 61.5 Å². The molecule has 0 aromatic heterocycles. The molecule has 2 aliphatic carbocycles. The molecule has 6 atom stereocenters. The Morgan fingerprint density at radius 3 is 2.33 bits per heavy atom. The molecule has 5 heteroatoms. The zero-order valence-corrected chi connectivity index (χ0v) is 11.8. The van der Waals surface area contributed by atoms with Crippen molar-refractivity contribution in [2.24, 2.45) is 11.8 Å². The highest BCUT2D eigenvalue weighted by Gasteiger charge is 2.41. The van der Waals surface area contributed by atoms with E-state index in [0.29, 0.717) is 25.7 Å². The van der Waals surface area contributed by atoms with E-state index in [1.54, 1.807) is 0 Å². The molecule has 2 aliphatic rings. The summed E-state index contributed by atoms with van der Waals surface area (Å²) in [5, 5.41) is 19.3. The Labute approximate surface area is 117 Å². The number of ketones is 1. The van der Waals surface area contributed by atoms with Gasteiger partial charge in [0.2, 0.25) is 0 Å². The molecular formula is C13H20Cl2O3. The van der Waals surface area contributed by atoms with Crippen molar-refractivity contribution in [1.82, 2.24) is 0 Å². The van der Waals surface area contributed by atoms with Gasteiger partial charge in [0, 0.05) is 22.6 Å². The second kappa shape index (κ2) is 6.08. The molecule has 2 saturated carbocycles. The second-order valence-corrected chi connectivity index (χ2v) is 6.75. The maximum absolute atomic E-state index is 12.4. The van der Waals surface area contributed by atoms with Crippen LogP contribution in [0.1, 0.15) is 38.5 Å². The number of carbonyl (C=O) groups is 1. The van der Waals surface area contributed by atoms with Gasteiger partial charge >= 0.3 is 0 Å². The van der Waals surface area contributed by atoms with E-state index in [-0.39, 0.29) is 28.4 Å². The Kier molecular flexibility index (Phi) is 4.92. The molecule has 104 valence electrons. The molecule has 0 aliphatic heterocycles. The second-order valence-electron chi connectivity index (χ2n) is 5.58. The summed E-state index contributed by atoms with van der Waals surface area (Å²) in [7, 11) is 0. The summed E-state index contributed by atoms with van der Waals surface area (Å²) in [6.07, 6.45) is 2.43. The Hall–Kier alpha value is 0.170. The van der Waals surface area contributed by atoms with Crippen LogP contribution in [0.15, 0.2) is 0 Å². The summed E-state index contributed by atoms with van der Waals surface area (Å²) in [6.45, 7) is 0. The van der Waals surface area contributed by atoms with Crippen LogP contribution in [0.5, 0.6) is 0 Å². The summed E-state index contributed by atoms with van der Waals surface area (Å²) >= 11 is 12.3. The van der Waals surface area contributed by atoms with Gasteiger partial charge in [-0.1, -0.05) is 0 Å². The maximum Gasteiger partial charge on any atom is 0.143 e. The summed E-state index contributed by atoms with van der Waals surface area (Å²) < 4.78 is 0. The zero-order chi connectivity index (χ0) is 13.3. The first-order chi connectivity index (χ1) is 8.49. The first kappa shape index (κ1) is 14.6. The number of Topliss-reactive ketones (excluding diaryl/α,β-unsaturated/α-hetero) is 1. The molecular weight excluding hydrogens is 275 g/mol. The quantitative estimate of drug-likeness (QED) is 0.767. The fourth-order valence-electron chi connectivity index (χ4n) is 3.11. The van der Waals surface area contributed by atoms with Crippen LogP contribution in [-0.4, -0.2) is 39.0 Å². The van der Waals surface area contributed by atoms with Crippen LogP contribution in [0.4, 0.5) is 0 Å². The van der Waals surface area contributed by atoms with Crippen molar-refractivity contribution < 1.29 is 15.0 Å². The molecule has 6 unspecified atom stereocenters. The van der Waals surface area contributed by atoms with Crippen LogP contribution in [0, 0.1) is 11.8 Å². The number of hydrogen-bond acceptors (Lipinski definition) is 3. The van der Waals surface area contributed by atoms with Crippen LogP contribution < -0.4 is 0 Å². The maximum atomic E-state index is 12.4. The fraction of sp³-hybridized carbons (Fsp3) is 0.923. The first-order valence-electron chi connectivity index (χ1n) is 6.67. The summed E-state index contributed by atoms with van der Waals surface area (Å²) in [6, 6.07) is 0. The normalized spacial score (nSPS) is 45.8. The minimum atomic E-state index is -0.735. The summed E-state index contributed by atoms with van der Waals surface area (Å²) in [4.78, 5) is 12.4. The van der Waals surface area contributed by atoms with Crippen LogP contribution >= 0.6 is 23.2 Å². The molecule has 0 aromatic carbocycles. The molecule has 2 fully saturated rings. The molecule has 0 spiro atoms. The lowest BCUT2D eigenvalue weighted by atomic mass is 9.74. The lowest BCUT2D eigenvalue weighted by Crippen LogP contribution is -2.43. The third-order valence-corrected chi connectivity index (χ3v) is 5.14. The van der Waals surface area contributed by atoms with Crippen molar-refractivity contribution in [3.05, 3.63) is 0 Å². The van der Waals surface area contributed by atoms with E-state index < -0.39 is 12.2 Å². The number of aliphatic hydroxyl groups excluding tert-OH is 2. The van der Waals surface area contributed by atoms with Gasteiger partial charge < -0.3 is 10.2 Å². The van der Waals surface area contributed by atoms with Gasteiger partial charge in [-0.3, -0.25) is 4.79 Å². The van der Waals surface area contributed by atoms with Gasteiger partial charge in [0.1, 0.15) is 5.78 Å². The molecule has 0 heterocycles. The number of aliphatic hydroxyl groups is 2. The molecule has 0 amide bonds. The minimum absolute atomic E-state index is 0.0141. The van der Waals surface area contributed by atoms with Gasteiger partial charge in [-0.05, 0) is 38.5 Å². The van der Waals surface area contributed by atoms with Gasteiger partial charge in [0.05, 0.1) is 12.2 Å². The first-order valence-corrected chi connectivity index (χ1v) is 7.54. The monoisotopic (exact) mass is 294 g/mol. The van der Waals surface area contributed by atoms with Gasteiger partial charge in [0.15, 0.2) is 0 Å². The van der Waals surface area contributed by atoms with Gasteiger partial charge in [-0.2, -0.15) is 0 Å². The van der Waals surface area contributed by atoms with E-state index in [9.17, 15) is 15.0 Å². The van der Waals surface area contributed by atoms with Crippen molar-refractivity contribution >= 4 is 29.0 Å². The van der Waals surface area contributed by atoms with E-state index >= 15 is 0 Å². The van der Waals surface area contributed by atoms with Crippen molar-refractivity contribution in [3.63, 3.8) is 0 Å². The van der Waals surface area contributed by atoms with Crippen LogP contribution in [-0.2, 0) is 4.79 Å². The molecule has 0 radical (unpaired) electrons. The molecule has 0 saturated heterocycles. The van der Waals surface area contributed by atoms with E-state index in [1.165, 1.54) is 0 Å². The molecule has 2 rings (SSSR count). The highest BCUT2D eigenvalue weighted by Crippen LogP contribution is 2.37. The minimum Gasteiger partial charge on any atom is -0.393 e. The highest BCUT2D eigenvalue weighted by molar-refractivity contribution is 6.24. The molecule has 0 aromatic rings. The predicted octanol–water partition coefficient (Wildman–Crippen LogP) is 2.09. The van der Waals surface area contributed by atoms with E-state index in [0.717, 1.165) is 12.8 Å². The van der Waals surface area contributed by atoms with Crippen LogP contribution in [0.2, 0.25) is 0 Å². The zero-order valence-electron chi connectivity index (χ0n) is 10.3. The van der Waals surface area contributed by atoms with Crippen molar-refractivity contribution in [3.8, 4) is 0 Å². The van der Waals surface area contributed by atoms with E-state index in [2.05, 4.69) is 0 Å². The van der Waals surface area contributed by atoms with Gasteiger partial charge in [-0.15, -0.1) is 23.2 Å². The molecule has 18 heavy (non-hydrogen) atoms. The highest BCUT2D eigenvalue weighted by atomic mass is 35.5. The predicted molar refractivity (Wildman–Crippen MR) is 71.0 cm³/mol. The topological polar surface area (TPSA) is 57.5 Å². The number of hydrogen-bond donors (Lipinski definition) is 2. The summed E-state index contributed by atoms with van der Waals surface area (Å²) in [5.74, 6) is -0.570. The van der Waals surface area contributed by atoms with Gasteiger partial charge in [-0.25, -0.2) is 0 Å². The van der Waals surface area contributed by atoms with Crippen molar-refractivity contribution in [1.29, 1.82) is 0 Å². The number of rotatable bonds is 2. The SMILES string of the molecule is O=C(C1CCC(O)CC1O)C1CC(Cl)CCC1Cl. The smallest absolute Gasteiger partial charge is 0.143 e. The summed E-state index contributed by atoms with van der Waals surface area (Å²) in [5.41, 5.74) is 0. The molecule has 2 N–H and O–H groups in total. The number of carbonyl (C=O) groups excluding carboxylic acids is 1. The average molecular weight is 295 g/mol. The third-order valence-electron chi connectivity index (χ3n) is 4.22. The largest absolute Gasteiger partial charge is 0.393 e. The van der Waals surface area contributed by atoms with Crippen LogP contribution in [0.3, 0.4) is 0 Å². The Morgan fingerprint density at radius 1 is 0.944 bits per heavy atom. The lowest BCUT2D eigenvalue weighted by molar-refractivity contribution is -0.134. The average Bonchev–Trinajstić information content (AvgIpc) is 2.31. The van der Waals surface area contributed by atoms with Gasteiger partial charge in [0.25, 0.3) is 0 Å². The molecule has 3 nitrogen and oxygen atoms in total. The lowest BCUT2D eigenvalue weighted by Gasteiger charge is -2.35.